The van der Waals surface area contributed by atoms with Gasteiger partial charge in [0.05, 0.1) is 5.60 Å². The van der Waals surface area contributed by atoms with Gasteiger partial charge in [-0.25, -0.2) is 0 Å². The van der Waals surface area contributed by atoms with Crippen LogP contribution in [0.2, 0.25) is 10.0 Å². The van der Waals surface area contributed by atoms with Gasteiger partial charge in [-0.15, -0.1) is 0 Å². The van der Waals surface area contributed by atoms with E-state index >= 15 is 0 Å². The zero-order valence-electron chi connectivity index (χ0n) is 9.93. The van der Waals surface area contributed by atoms with Gasteiger partial charge in [0.1, 0.15) is 0 Å². The molecule has 1 nitrogen and oxygen atoms in total. The van der Waals surface area contributed by atoms with E-state index in [9.17, 15) is 5.11 Å². The molecule has 0 heterocycles. The van der Waals surface area contributed by atoms with Crippen LogP contribution in [0.3, 0.4) is 0 Å². The second kappa shape index (κ2) is 5.39. The third kappa shape index (κ3) is 3.97. The normalized spacial score (nSPS) is 15.2. The summed E-state index contributed by atoms with van der Waals surface area (Å²) >= 11 is 12.2. The van der Waals surface area contributed by atoms with Crippen molar-refractivity contribution in [3.05, 3.63) is 33.8 Å². The topological polar surface area (TPSA) is 20.2 Å². The molecule has 0 aromatic heterocycles. The van der Waals surface area contributed by atoms with Gasteiger partial charge in [-0.3, -0.25) is 0 Å². The molecular formula is C13H18Cl2O. The number of hydrogen-bond acceptors (Lipinski definition) is 1. The molecule has 90 valence electrons. The molecule has 16 heavy (non-hydrogen) atoms. The monoisotopic (exact) mass is 260 g/mol. The molecule has 1 aromatic rings. The number of hydrogen-bond donors (Lipinski definition) is 1. The van der Waals surface area contributed by atoms with Crippen LogP contribution >= 0.6 is 23.2 Å². The molecule has 0 aliphatic rings. The molecule has 1 aromatic carbocycles. The second-order valence-electron chi connectivity index (χ2n) is 4.97. The minimum Gasteiger partial charge on any atom is -0.390 e. The average Bonchev–Trinajstić information content (AvgIpc) is 2.09. The molecule has 0 amide bonds. The molecule has 0 saturated heterocycles. The molecule has 0 bridgehead atoms. The summed E-state index contributed by atoms with van der Waals surface area (Å²) in [5.74, 6) is 0.441. The van der Waals surface area contributed by atoms with Crippen molar-refractivity contribution in [3.63, 3.8) is 0 Å². The van der Waals surface area contributed by atoms with E-state index in [1.54, 1.807) is 12.1 Å². The molecule has 0 radical (unpaired) electrons. The minimum absolute atomic E-state index is 0.441. The summed E-state index contributed by atoms with van der Waals surface area (Å²) < 4.78 is 0. The highest BCUT2D eigenvalue weighted by atomic mass is 35.5. The molecule has 0 spiro atoms. The van der Waals surface area contributed by atoms with Gasteiger partial charge in [-0.1, -0.05) is 43.1 Å². The maximum atomic E-state index is 10.3. The van der Waals surface area contributed by atoms with Crippen molar-refractivity contribution >= 4 is 23.2 Å². The smallest absolute Gasteiger partial charge is 0.0663 e. The third-order valence-corrected chi connectivity index (χ3v) is 3.18. The molecule has 1 rings (SSSR count). The van der Waals surface area contributed by atoms with E-state index in [4.69, 9.17) is 23.2 Å². The van der Waals surface area contributed by atoms with Crippen LogP contribution in [0.1, 0.15) is 32.8 Å². The maximum Gasteiger partial charge on any atom is 0.0663 e. The standard InChI is InChI=1S/C13H18Cl2O/c1-9(2)7-13(3,16)8-10-11(14)5-4-6-12(10)15/h4-6,9,16H,7-8H2,1-3H3. The van der Waals surface area contributed by atoms with E-state index in [-0.39, 0.29) is 0 Å². The van der Waals surface area contributed by atoms with Gasteiger partial charge < -0.3 is 5.11 Å². The Kier molecular flexibility index (Phi) is 4.66. The van der Waals surface area contributed by atoms with Crippen LogP contribution in [0.5, 0.6) is 0 Å². The van der Waals surface area contributed by atoms with E-state index in [0.29, 0.717) is 22.4 Å². The Morgan fingerprint density at radius 2 is 1.75 bits per heavy atom. The highest BCUT2D eigenvalue weighted by molar-refractivity contribution is 6.36. The fourth-order valence-corrected chi connectivity index (χ4v) is 2.56. The lowest BCUT2D eigenvalue weighted by Gasteiger charge is -2.26. The highest BCUT2D eigenvalue weighted by Gasteiger charge is 2.24. The van der Waals surface area contributed by atoms with E-state index in [0.717, 1.165) is 12.0 Å². The van der Waals surface area contributed by atoms with Crippen molar-refractivity contribution in [2.75, 3.05) is 0 Å². The summed E-state index contributed by atoms with van der Waals surface area (Å²) in [6, 6.07) is 5.41. The lowest BCUT2D eigenvalue weighted by Crippen LogP contribution is -2.29. The van der Waals surface area contributed by atoms with Crippen LogP contribution in [0.15, 0.2) is 18.2 Å². The van der Waals surface area contributed by atoms with E-state index < -0.39 is 5.60 Å². The van der Waals surface area contributed by atoms with Crippen molar-refractivity contribution in [2.24, 2.45) is 5.92 Å². The first-order valence-electron chi connectivity index (χ1n) is 5.47. The predicted molar refractivity (Wildman–Crippen MR) is 70.2 cm³/mol. The summed E-state index contributed by atoms with van der Waals surface area (Å²) in [4.78, 5) is 0. The first-order valence-corrected chi connectivity index (χ1v) is 6.23. The summed E-state index contributed by atoms with van der Waals surface area (Å²) in [5, 5.41) is 11.5. The summed E-state index contributed by atoms with van der Waals surface area (Å²) in [6.07, 6.45) is 1.22. The van der Waals surface area contributed by atoms with Crippen LogP contribution in [0.25, 0.3) is 0 Å². The number of benzene rings is 1. The summed E-state index contributed by atoms with van der Waals surface area (Å²) in [7, 11) is 0. The summed E-state index contributed by atoms with van der Waals surface area (Å²) in [6.45, 7) is 6.00. The number of halogens is 2. The first kappa shape index (κ1) is 13.8. The quantitative estimate of drug-likeness (QED) is 0.855. The van der Waals surface area contributed by atoms with Gasteiger partial charge in [0.25, 0.3) is 0 Å². The zero-order valence-corrected chi connectivity index (χ0v) is 11.4. The van der Waals surface area contributed by atoms with E-state index in [1.807, 2.05) is 13.0 Å². The van der Waals surface area contributed by atoms with Crippen molar-refractivity contribution in [3.8, 4) is 0 Å². The zero-order chi connectivity index (χ0) is 12.3. The first-order chi connectivity index (χ1) is 7.32. The number of aliphatic hydroxyl groups is 1. The van der Waals surface area contributed by atoms with Crippen molar-refractivity contribution < 1.29 is 5.11 Å². The Morgan fingerprint density at radius 1 is 1.25 bits per heavy atom. The van der Waals surface area contributed by atoms with E-state index in [2.05, 4.69) is 13.8 Å². The lowest BCUT2D eigenvalue weighted by atomic mass is 9.88. The van der Waals surface area contributed by atoms with Gasteiger partial charge in [0.2, 0.25) is 0 Å². The van der Waals surface area contributed by atoms with Crippen molar-refractivity contribution in [1.82, 2.24) is 0 Å². The molecule has 0 aliphatic carbocycles. The van der Waals surface area contributed by atoms with Crippen LogP contribution < -0.4 is 0 Å². The molecule has 3 heteroatoms. The fourth-order valence-electron chi connectivity index (χ4n) is 2.03. The van der Waals surface area contributed by atoms with Gasteiger partial charge in [0.15, 0.2) is 0 Å². The third-order valence-electron chi connectivity index (χ3n) is 2.47. The number of rotatable bonds is 4. The Morgan fingerprint density at radius 3 is 2.19 bits per heavy atom. The van der Waals surface area contributed by atoms with Crippen molar-refractivity contribution in [2.45, 2.75) is 39.2 Å². The van der Waals surface area contributed by atoms with Crippen LogP contribution in [-0.4, -0.2) is 10.7 Å². The molecule has 1 N–H and O–H groups in total. The summed E-state index contributed by atoms with van der Waals surface area (Å²) in [5.41, 5.74) is 0.0690. The van der Waals surface area contributed by atoms with Crippen LogP contribution in [-0.2, 0) is 6.42 Å². The van der Waals surface area contributed by atoms with Gasteiger partial charge in [-0.2, -0.15) is 0 Å². The Bertz CT molecular complexity index is 339. The van der Waals surface area contributed by atoms with Gasteiger partial charge >= 0.3 is 0 Å². The Hall–Kier alpha value is -0.240. The molecule has 0 saturated carbocycles. The second-order valence-corrected chi connectivity index (χ2v) is 5.79. The van der Waals surface area contributed by atoms with Crippen LogP contribution in [0.4, 0.5) is 0 Å². The lowest BCUT2D eigenvalue weighted by molar-refractivity contribution is 0.0388. The maximum absolute atomic E-state index is 10.3. The Balaban J connectivity index is 2.87. The molecule has 0 fully saturated rings. The minimum atomic E-state index is -0.761. The van der Waals surface area contributed by atoms with Crippen LogP contribution in [0, 0.1) is 5.92 Å². The molecular weight excluding hydrogens is 243 g/mol. The predicted octanol–water partition coefficient (Wildman–Crippen LogP) is 4.33. The van der Waals surface area contributed by atoms with Crippen molar-refractivity contribution in [1.29, 1.82) is 0 Å². The molecule has 0 aliphatic heterocycles. The fraction of sp³-hybridized carbons (Fsp3) is 0.538. The highest BCUT2D eigenvalue weighted by Crippen LogP contribution is 2.30. The van der Waals surface area contributed by atoms with Gasteiger partial charge in [0, 0.05) is 16.5 Å². The largest absolute Gasteiger partial charge is 0.390 e. The SMILES string of the molecule is CC(C)CC(C)(O)Cc1c(Cl)cccc1Cl. The van der Waals surface area contributed by atoms with Gasteiger partial charge in [-0.05, 0) is 37.0 Å². The van der Waals surface area contributed by atoms with E-state index in [1.165, 1.54) is 0 Å². The molecule has 1 unspecified atom stereocenters. The molecule has 1 atom stereocenters. The average molecular weight is 261 g/mol. The Labute approximate surface area is 107 Å².